The first-order valence-corrected chi connectivity index (χ1v) is 8.07. The van der Waals surface area contributed by atoms with Gasteiger partial charge in [-0.1, -0.05) is 11.6 Å². The molecule has 1 saturated heterocycles. The Morgan fingerprint density at radius 3 is 2.23 bits per heavy atom. The highest BCUT2D eigenvalue weighted by Crippen LogP contribution is 2.26. The second-order valence-electron chi connectivity index (χ2n) is 5.55. The molecule has 1 fully saturated rings. The molecule has 0 saturated carbocycles. The van der Waals surface area contributed by atoms with Crippen LogP contribution in [0.2, 0.25) is 5.15 Å². The van der Waals surface area contributed by atoms with E-state index < -0.39 is 6.36 Å². The molecule has 26 heavy (non-hydrogen) atoms. The number of anilines is 2. The Morgan fingerprint density at radius 2 is 1.69 bits per heavy atom. The first-order valence-electron chi connectivity index (χ1n) is 7.69. The van der Waals surface area contributed by atoms with Crippen LogP contribution in [0.25, 0.3) is 0 Å². The van der Waals surface area contributed by atoms with Crippen molar-refractivity contribution in [2.24, 2.45) is 0 Å². The van der Waals surface area contributed by atoms with Crippen LogP contribution in [0.15, 0.2) is 30.5 Å². The van der Waals surface area contributed by atoms with Crippen molar-refractivity contribution in [3.63, 3.8) is 0 Å². The highest BCUT2D eigenvalue weighted by Gasteiger charge is 2.31. The predicted molar refractivity (Wildman–Crippen MR) is 90.0 cm³/mol. The Hall–Kier alpha value is -2.55. The van der Waals surface area contributed by atoms with E-state index in [0.29, 0.717) is 38.4 Å². The Morgan fingerprint density at radius 1 is 1.08 bits per heavy atom. The first-order chi connectivity index (χ1) is 12.4. The van der Waals surface area contributed by atoms with Crippen LogP contribution < -0.4 is 14.5 Å². The number of carbonyl (C=O) groups excluding carboxylic acids is 1. The summed E-state index contributed by atoms with van der Waals surface area (Å²) in [6.45, 7) is 2.49. The molecule has 0 unspecified atom stereocenters. The molecule has 0 amide bonds. The van der Waals surface area contributed by atoms with Gasteiger partial charge in [-0.15, -0.1) is 13.2 Å². The minimum absolute atomic E-state index is 0.104. The molecule has 0 radical (unpaired) electrons. The van der Waals surface area contributed by atoms with Crippen molar-refractivity contribution in [2.45, 2.75) is 6.36 Å². The van der Waals surface area contributed by atoms with Crippen LogP contribution in [0.1, 0.15) is 10.4 Å². The molecular weight excluding hydrogens is 373 g/mol. The topological polar surface area (TPSA) is 58.6 Å². The van der Waals surface area contributed by atoms with Gasteiger partial charge in [-0.2, -0.15) is 0 Å². The maximum atomic E-state index is 12.2. The van der Waals surface area contributed by atoms with E-state index >= 15 is 0 Å². The van der Waals surface area contributed by atoms with Crippen molar-refractivity contribution in [1.82, 2.24) is 9.97 Å². The van der Waals surface area contributed by atoms with Gasteiger partial charge in [0.05, 0.1) is 5.56 Å². The van der Waals surface area contributed by atoms with Crippen LogP contribution in [0, 0.1) is 0 Å². The lowest BCUT2D eigenvalue weighted by atomic mass is 10.2. The molecule has 0 atom stereocenters. The fourth-order valence-electron chi connectivity index (χ4n) is 2.62. The average Bonchev–Trinajstić information content (AvgIpc) is 2.61. The Balaban J connectivity index is 1.61. The number of aromatic nitrogens is 2. The van der Waals surface area contributed by atoms with Crippen molar-refractivity contribution >= 4 is 29.5 Å². The summed E-state index contributed by atoms with van der Waals surface area (Å²) in [5, 5.41) is 0.104. The molecule has 1 aromatic heterocycles. The summed E-state index contributed by atoms with van der Waals surface area (Å²) in [5.74, 6) is 0.187. The molecule has 0 spiro atoms. The Bertz CT molecular complexity index is 778. The van der Waals surface area contributed by atoms with Crippen LogP contribution in [-0.4, -0.2) is 48.8 Å². The standard InChI is InChI=1S/C16H14ClF3N4O2/c17-14-11(10-25)9-21-15(22-14)24-7-5-23(6-8-24)12-1-3-13(4-2-12)26-16(18,19)20/h1-4,9-10H,5-8H2. The number of hydrogen-bond acceptors (Lipinski definition) is 6. The summed E-state index contributed by atoms with van der Waals surface area (Å²) in [4.78, 5) is 23.0. The van der Waals surface area contributed by atoms with Crippen LogP contribution in [0.5, 0.6) is 5.75 Å². The lowest BCUT2D eigenvalue weighted by Crippen LogP contribution is -2.47. The molecule has 3 rings (SSSR count). The van der Waals surface area contributed by atoms with Crippen molar-refractivity contribution in [3.05, 3.63) is 41.2 Å². The summed E-state index contributed by atoms with van der Waals surface area (Å²) < 4.78 is 40.5. The molecule has 6 nitrogen and oxygen atoms in total. The van der Waals surface area contributed by atoms with Crippen LogP contribution in [-0.2, 0) is 0 Å². The smallest absolute Gasteiger partial charge is 0.406 e. The van der Waals surface area contributed by atoms with Crippen molar-refractivity contribution in [2.75, 3.05) is 36.0 Å². The maximum Gasteiger partial charge on any atom is 0.573 e. The number of rotatable bonds is 4. The number of nitrogens with zero attached hydrogens (tertiary/aromatic N) is 4. The molecule has 2 heterocycles. The quantitative estimate of drug-likeness (QED) is 0.594. The highest BCUT2D eigenvalue weighted by atomic mass is 35.5. The van der Waals surface area contributed by atoms with E-state index in [1.165, 1.54) is 18.3 Å². The molecule has 1 aromatic carbocycles. The number of alkyl halides is 3. The van der Waals surface area contributed by atoms with E-state index in [2.05, 4.69) is 14.7 Å². The van der Waals surface area contributed by atoms with Gasteiger partial charge in [0, 0.05) is 38.1 Å². The van der Waals surface area contributed by atoms with E-state index in [4.69, 9.17) is 11.6 Å². The van der Waals surface area contributed by atoms with E-state index in [1.54, 1.807) is 12.1 Å². The lowest BCUT2D eigenvalue weighted by molar-refractivity contribution is -0.274. The summed E-state index contributed by atoms with van der Waals surface area (Å²) >= 11 is 5.92. The molecule has 2 aromatic rings. The number of hydrogen-bond donors (Lipinski definition) is 0. The van der Waals surface area contributed by atoms with Gasteiger partial charge in [0.1, 0.15) is 10.9 Å². The number of benzene rings is 1. The zero-order chi connectivity index (χ0) is 18.7. The maximum absolute atomic E-state index is 12.2. The zero-order valence-electron chi connectivity index (χ0n) is 13.4. The number of carbonyl (C=O) groups is 1. The predicted octanol–water partition coefficient (Wildman–Crippen LogP) is 3.17. The minimum atomic E-state index is -4.70. The van der Waals surface area contributed by atoms with Gasteiger partial charge in [0.15, 0.2) is 6.29 Å². The fourth-order valence-corrected chi connectivity index (χ4v) is 2.79. The number of halogens is 4. The summed E-state index contributed by atoms with van der Waals surface area (Å²) in [5.41, 5.74) is 1.03. The van der Waals surface area contributed by atoms with Crippen molar-refractivity contribution in [3.8, 4) is 5.75 Å². The van der Waals surface area contributed by atoms with Gasteiger partial charge in [0.2, 0.25) is 5.95 Å². The lowest BCUT2D eigenvalue weighted by Gasteiger charge is -2.36. The summed E-state index contributed by atoms with van der Waals surface area (Å²) in [6.07, 6.45) is -2.73. The third-order valence-corrected chi connectivity index (χ3v) is 4.18. The minimum Gasteiger partial charge on any atom is -0.406 e. The molecule has 0 N–H and O–H groups in total. The van der Waals surface area contributed by atoms with Gasteiger partial charge in [-0.05, 0) is 24.3 Å². The van der Waals surface area contributed by atoms with E-state index in [-0.39, 0.29) is 16.5 Å². The molecular formula is C16H14ClF3N4O2. The first kappa shape index (κ1) is 18.2. The van der Waals surface area contributed by atoms with E-state index in [9.17, 15) is 18.0 Å². The monoisotopic (exact) mass is 386 g/mol. The molecule has 0 bridgehead atoms. The SMILES string of the molecule is O=Cc1cnc(N2CCN(c3ccc(OC(F)(F)F)cc3)CC2)nc1Cl. The van der Waals surface area contributed by atoms with Crippen LogP contribution in [0.4, 0.5) is 24.8 Å². The van der Waals surface area contributed by atoms with Gasteiger partial charge in [-0.3, -0.25) is 4.79 Å². The number of ether oxygens (including phenoxy) is 1. The highest BCUT2D eigenvalue weighted by molar-refractivity contribution is 6.31. The van der Waals surface area contributed by atoms with Gasteiger partial charge >= 0.3 is 6.36 Å². The Kier molecular flexibility index (Phi) is 5.17. The van der Waals surface area contributed by atoms with Gasteiger partial charge in [0.25, 0.3) is 0 Å². The fraction of sp³-hybridized carbons (Fsp3) is 0.312. The van der Waals surface area contributed by atoms with Crippen LogP contribution >= 0.6 is 11.6 Å². The second-order valence-corrected chi connectivity index (χ2v) is 5.91. The van der Waals surface area contributed by atoms with Crippen molar-refractivity contribution in [1.29, 1.82) is 0 Å². The van der Waals surface area contributed by atoms with Crippen LogP contribution in [0.3, 0.4) is 0 Å². The third kappa shape index (κ3) is 4.34. The zero-order valence-corrected chi connectivity index (χ0v) is 14.2. The number of aldehydes is 1. The normalized spacial score (nSPS) is 15.1. The van der Waals surface area contributed by atoms with Gasteiger partial charge < -0.3 is 14.5 Å². The molecule has 1 aliphatic heterocycles. The van der Waals surface area contributed by atoms with Gasteiger partial charge in [-0.25, -0.2) is 9.97 Å². The largest absolute Gasteiger partial charge is 0.573 e. The number of piperazine rings is 1. The van der Waals surface area contributed by atoms with E-state index in [0.717, 1.165) is 5.69 Å². The van der Waals surface area contributed by atoms with Crippen molar-refractivity contribution < 1.29 is 22.7 Å². The molecule has 1 aliphatic rings. The van der Waals surface area contributed by atoms with E-state index in [1.807, 2.05) is 9.80 Å². The average molecular weight is 387 g/mol. The Labute approximate surface area is 152 Å². The third-order valence-electron chi connectivity index (χ3n) is 3.88. The second kappa shape index (κ2) is 7.36. The summed E-state index contributed by atoms with van der Waals surface area (Å²) in [6, 6.07) is 5.75. The molecule has 138 valence electrons. The summed E-state index contributed by atoms with van der Waals surface area (Å²) in [7, 11) is 0. The molecule has 10 heteroatoms. The molecule has 0 aliphatic carbocycles.